The Hall–Kier alpha value is -1.31. The molecule has 0 aromatic heterocycles. The van der Waals surface area contributed by atoms with E-state index in [9.17, 15) is 0 Å². The summed E-state index contributed by atoms with van der Waals surface area (Å²) in [4.78, 5) is 8.87. The second-order valence-electron chi connectivity index (χ2n) is 6.03. The van der Waals surface area contributed by atoms with Gasteiger partial charge in [0.15, 0.2) is 0 Å². The molecule has 0 aromatic carbocycles. The van der Waals surface area contributed by atoms with Crippen molar-refractivity contribution in [3.05, 3.63) is 11.5 Å². The van der Waals surface area contributed by atoms with E-state index >= 15 is 0 Å². The van der Waals surface area contributed by atoms with Gasteiger partial charge < -0.3 is 25.4 Å². The number of ether oxygens (including phenoxy) is 2. The van der Waals surface area contributed by atoms with Gasteiger partial charge in [0.25, 0.3) is 0 Å². The van der Waals surface area contributed by atoms with Gasteiger partial charge in [0.1, 0.15) is 5.82 Å². The third-order valence-electron chi connectivity index (χ3n) is 4.11. The third kappa shape index (κ3) is 6.01. The highest BCUT2D eigenvalue weighted by Crippen LogP contribution is 2.10. The van der Waals surface area contributed by atoms with Crippen molar-refractivity contribution in [3.8, 4) is 0 Å². The zero-order valence-electron chi connectivity index (χ0n) is 14.5. The number of hydrogen-bond donors (Lipinski definition) is 2. The molecule has 0 bridgehead atoms. The van der Waals surface area contributed by atoms with Crippen molar-refractivity contribution in [1.82, 2.24) is 15.1 Å². The Labute approximate surface area is 139 Å². The molecule has 1 fully saturated rings. The molecule has 2 rings (SSSR count). The van der Waals surface area contributed by atoms with Crippen molar-refractivity contribution < 1.29 is 9.47 Å². The summed E-state index contributed by atoms with van der Waals surface area (Å²) >= 11 is 0. The van der Waals surface area contributed by atoms with Gasteiger partial charge in [-0.05, 0) is 12.8 Å². The van der Waals surface area contributed by atoms with Gasteiger partial charge in [-0.25, -0.2) is 4.99 Å². The largest absolute Gasteiger partial charge is 0.395 e. The minimum Gasteiger partial charge on any atom is -0.395 e. The van der Waals surface area contributed by atoms with Crippen LogP contribution >= 0.6 is 0 Å². The van der Waals surface area contributed by atoms with Crippen LogP contribution in [-0.4, -0.2) is 75.4 Å². The van der Waals surface area contributed by atoms with Crippen LogP contribution in [0.3, 0.4) is 0 Å². The van der Waals surface area contributed by atoms with Crippen molar-refractivity contribution in [2.45, 2.75) is 32.5 Å². The maximum atomic E-state index is 6.06. The number of nitrogens with zero attached hydrogens (tertiary/aromatic N) is 3. The summed E-state index contributed by atoms with van der Waals surface area (Å²) in [5.41, 5.74) is 6.72. The van der Waals surface area contributed by atoms with Gasteiger partial charge in [0.2, 0.25) is 6.35 Å². The molecular weight excluding hydrogens is 294 g/mol. The number of unbranched alkanes of at least 4 members (excludes halogenated alkanes) is 1. The fraction of sp³-hybridized carbons (Fsp3) is 0.812. The van der Waals surface area contributed by atoms with Gasteiger partial charge in [0.05, 0.1) is 31.7 Å². The Morgan fingerprint density at radius 1 is 1.43 bits per heavy atom. The molecule has 7 heteroatoms. The topological polar surface area (TPSA) is 75.4 Å². The Bertz CT molecular complexity index is 407. The highest BCUT2D eigenvalue weighted by atomic mass is 16.5. The summed E-state index contributed by atoms with van der Waals surface area (Å²) in [6.07, 6.45) is 4.61. The molecule has 1 saturated heterocycles. The molecule has 0 amide bonds. The van der Waals surface area contributed by atoms with Crippen LogP contribution in [0.5, 0.6) is 0 Å². The summed E-state index contributed by atoms with van der Waals surface area (Å²) in [7, 11) is 2.05. The molecule has 0 aromatic rings. The first-order chi connectivity index (χ1) is 11.2. The van der Waals surface area contributed by atoms with E-state index in [1.165, 1.54) is 0 Å². The van der Waals surface area contributed by atoms with Gasteiger partial charge in [-0.1, -0.05) is 13.3 Å². The van der Waals surface area contributed by atoms with Crippen LogP contribution in [0.15, 0.2) is 16.5 Å². The summed E-state index contributed by atoms with van der Waals surface area (Å²) in [5.74, 6) is 0.906. The average molecular weight is 325 g/mol. The lowest BCUT2D eigenvalue weighted by Crippen LogP contribution is -2.43. The Morgan fingerprint density at radius 3 is 2.96 bits per heavy atom. The first-order valence-electron chi connectivity index (χ1n) is 8.63. The summed E-state index contributed by atoms with van der Waals surface area (Å²) in [6.45, 7) is 8.65. The Morgan fingerprint density at radius 2 is 2.22 bits per heavy atom. The maximum Gasteiger partial charge on any atom is 0.226 e. The first-order valence-corrected chi connectivity index (χ1v) is 8.63. The van der Waals surface area contributed by atoms with E-state index in [2.05, 4.69) is 34.1 Å². The number of aliphatic imine (C=N–C) groups is 1. The van der Waals surface area contributed by atoms with Gasteiger partial charge >= 0.3 is 0 Å². The van der Waals surface area contributed by atoms with Gasteiger partial charge in [-0.3, -0.25) is 4.90 Å². The van der Waals surface area contributed by atoms with E-state index in [0.29, 0.717) is 12.3 Å². The molecule has 0 saturated carbocycles. The van der Waals surface area contributed by atoms with E-state index in [1.54, 1.807) is 6.21 Å². The Kier molecular flexibility index (Phi) is 7.64. The monoisotopic (exact) mass is 325 g/mol. The van der Waals surface area contributed by atoms with Crippen LogP contribution in [0.25, 0.3) is 0 Å². The molecule has 1 unspecified atom stereocenters. The second-order valence-corrected chi connectivity index (χ2v) is 6.03. The minimum atomic E-state index is -0.328. The van der Waals surface area contributed by atoms with E-state index in [-0.39, 0.29) is 6.35 Å². The van der Waals surface area contributed by atoms with Crippen molar-refractivity contribution in [2.24, 2.45) is 10.7 Å². The molecule has 23 heavy (non-hydrogen) atoms. The number of hydrogen-bond acceptors (Lipinski definition) is 7. The molecular formula is C16H31N5O2. The van der Waals surface area contributed by atoms with E-state index in [1.807, 2.05) is 0 Å². The minimum absolute atomic E-state index is 0.328. The van der Waals surface area contributed by atoms with Crippen LogP contribution in [0.2, 0.25) is 0 Å². The quantitative estimate of drug-likeness (QED) is 0.603. The predicted octanol–water partition coefficient (Wildman–Crippen LogP) is 0.543. The van der Waals surface area contributed by atoms with Crippen LogP contribution in [0.1, 0.15) is 26.2 Å². The zero-order chi connectivity index (χ0) is 16.5. The van der Waals surface area contributed by atoms with Gasteiger partial charge in [-0.2, -0.15) is 0 Å². The molecule has 2 heterocycles. The molecule has 3 N–H and O–H groups in total. The molecule has 0 spiro atoms. The summed E-state index contributed by atoms with van der Waals surface area (Å²) in [6, 6.07) is 0. The number of rotatable bonds is 9. The number of allylic oxidation sites excluding steroid dienone is 1. The van der Waals surface area contributed by atoms with Crippen LogP contribution in [-0.2, 0) is 9.47 Å². The smallest absolute Gasteiger partial charge is 0.226 e. The van der Waals surface area contributed by atoms with E-state index in [4.69, 9.17) is 15.2 Å². The molecule has 2 aliphatic heterocycles. The average Bonchev–Trinajstić information content (AvgIpc) is 2.57. The fourth-order valence-electron chi connectivity index (χ4n) is 2.67. The maximum absolute atomic E-state index is 6.06. The SMILES string of the molecule is CCCCOC1N=CC(N)=C(N(C)CCCN2CCOCC2)N1. The van der Waals surface area contributed by atoms with E-state index < -0.39 is 0 Å². The van der Waals surface area contributed by atoms with Crippen molar-refractivity contribution in [2.75, 3.05) is 53.0 Å². The summed E-state index contributed by atoms with van der Waals surface area (Å²) in [5, 5.41) is 3.28. The number of nitrogens with one attached hydrogen (secondary N) is 1. The number of morpholine rings is 1. The number of nitrogens with two attached hydrogens (primary N) is 1. The van der Waals surface area contributed by atoms with Gasteiger partial charge in [0, 0.05) is 33.2 Å². The van der Waals surface area contributed by atoms with Gasteiger partial charge in [-0.15, -0.1) is 0 Å². The van der Waals surface area contributed by atoms with Crippen molar-refractivity contribution in [1.29, 1.82) is 0 Å². The molecule has 0 aliphatic carbocycles. The lowest BCUT2D eigenvalue weighted by molar-refractivity contribution is 0.0315. The lowest BCUT2D eigenvalue weighted by atomic mass is 10.3. The van der Waals surface area contributed by atoms with Crippen LogP contribution in [0.4, 0.5) is 0 Å². The van der Waals surface area contributed by atoms with Crippen LogP contribution < -0.4 is 11.1 Å². The second kappa shape index (κ2) is 9.75. The molecule has 0 radical (unpaired) electrons. The fourth-order valence-corrected chi connectivity index (χ4v) is 2.67. The highest BCUT2D eigenvalue weighted by molar-refractivity contribution is 5.79. The Balaban J connectivity index is 1.73. The highest BCUT2D eigenvalue weighted by Gasteiger charge is 2.18. The zero-order valence-corrected chi connectivity index (χ0v) is 14.5. The lowest BCUT2D eigenvalue weighted by Gasteiger charge is -2.31. The summed E-state index contributed by atoms with van der Waals surface area (Å²) < 4.78 is 11.1. The van der Waals surface area contributed by atoms with Crippen molar-refractivity contribution in [3.63, 3.8) is 0 Å². The molecule has 1 atom stereocenters. The predicted molar refractivity (Wildman–Crippen MR) is 92.0 cm³/mol. The van der Waals surface area contributed by atoms with Crippen LogP contribution in [0, 0.1) is 0 Å². The molecule has 2 aliphatic rings. The first kappa shape index (κ1) is 18.0. The molecule has 7 nitrogen and oxygen atoms in total. The standard InChI is InChI=1S/C16H31N5O2/c1-3-4-10-23-16-18-13-14(17)15(19-16)20(2)6-5-7-21-8-11-22-12-9-21/h13,16,19H,3-12,17H2,1-2H3. The third-order valence-corrected chi connectivity index (χ3v) is 4.11. The van der Waals surface area contributed by atoms with Crippen molar-refractivity contribution >= 4 is 6.21 Å². The van der Waals surface area contributed by atoms with E-state index in [0.717, 1.165) is 64.5 Å². The normalized spacial score (nSPS) is 22.3. The molecule has 132 valence electrons.